The van der Waals surface area contributed by atoms with Crippen LogP contribution in [0.25, 0.3) is 0 Å². The van der Waals surface area contributed by atoms with E-state index < -0.39 is 0 Å². The maximum atomic E-state index is 13.3. The number of aromatic nitrogens is 2. The molecule has 0 saturated carbocycles. The fourth-order valence-corrected chi connectivity index (χ4v) is 4.59. The Morgan fingerprint density at radius 3 is 2.87 bits per heavy atom. The van der Waals surface area contributed by atoms with Gasteiger partial charge >= 0.3 is 0 Å². The van der Waals surface area contributed by atoms with Gasteiger partial charge in [0.15, 0.2) is 5.69 Å². The number of hydrogen-bond acceptors (Lipinski definition) is 4. The van der Waals surface area contributed by atoms with Crippen LogP contribution in [0.4, 0.5) is 0 Å². The van der Waals surface area contributed by atoms with Crippen LogP contribution in [0.2, 0.25) is 5.02 Å². The Labute approximate surface area is 183 Å². The number of fused-ring (bicyclic) bond motifs is 1. The molecule has 1 N–H and O–H groups in total. The van der Waals surface area contributed by atoms with Gasteiger partial charge in [-0.05, 0) is 44.0 Å². The second-order valence-corrected chi connectivity index (χ2v) is 8.73. The molecule has 0 spiro atoms. The van der Waals surface area contributed by atoms with Crippen molar-refractivity contribution in [3.8, 4) is 0 Å². The zero-order chi connectivity index (χ0) is 21.1. The molecule has 1 atom stereocenters. The molecule has 1 amide bonds. The first-order valence-corrected chi connectivity index (χ1v) is 11.1. The number of benzene rings is 1. The first-order chi connectivity index (χ1) is 14.5. The Morgan fingerprint density at radius 2 is 2.13 bits per heavy atom. The smallest absolute Gasteiger partial charge is 0.274 e. The van der Waals surface area contributed by atoms with Crippen LogP contribution in [0.5, 0.6) is 0 Å². The average Bonchev–Trinajstić information content (AvgIpc) is 3.10. The van der Waals surface area contributed by atoms with E-state index in [1.165, 1.54) is 11.3 Å². The van der Waals surface area contributed by atoms with E-state index in [9.17, 15) is 4.79 Å². The molecule has 160 valence electrons. The molecule has 2 aromatic rings. The van der Waals surface area contributed by atoms with E-state index >= 15 is 0 Å². The molecule has 0 radical (unpaired) electrons. The van der Waals surface area contributed by atoms with Crippen LogP contribution in [0.1, 0.15) is 33.7 Å². The summed E-state index contributed by atoms with van der Waals surface area (Å²) in [4.78, 5) is 17.5. The quantitative estimate of drug-likeness (QED) is 0.720. The molecule has 1 aromatic carbocycles. The number of halogens is 1. The van der Waals surface area contributed by atoms with E-state index in [1.54, 1.807) is 0 Å². The number of hydrogen-bond donors (Lipinski definition) is 1. The van der Waals surface area contributed by atoms with Crippen molar-refractivity contribution in [2.24, 2.45) is 0 Å². The number of carbonyl (C=O) groups excluding carboxylic acids is 1. The molecule has 1 unspecified atom stereocenters. The third-order valence-corrected chi connectivity index (χ3v) is 6.36. The van der Waals surface area contributed by atoms with Gasteiger partial charge in [-0.2, -0.15) is 5.10 Å². The molecule has 2 heterocycles. The van der Waals surface area contributed by atoms with E-state index in [4.69, 9.17) is 16.7 Å². The van der Waals surface area contributed by atoms with Gasteiger partial charge in [0.1, 0.15) is 0 Å². The lowest BCUT2D eigenvalue weighted by atomic mass is 9.90. The third kappa shape index (κ3) is 4.61. The second kappa shape index (κ2) is 9.33. The number of allylic oxidation sites excluding steroid dienone is 1. The van der Waals surface area contributed by atoms with Gasteiger partial charge < -0.3 is 15.1 Å². The largest absolute Gasteiger partial charge is 0.335 e. The molecule has 7 heteroatoms. The highest BCUT2D eigenvalue weighted by Gasteiger charge is 2.31. The van der Waals surface area contributed by atoms with Gasteiger partial charge in [0.25, 0.3) is 5.91 Å². The summed E-state index contributed by atoms with van der Waals surface area (Å²) in [6.07, 6.45) is 4.61. The van der Waals surface area contributed by atoms with Crippen molar-refractivity contribution in [3.05, 3.63) is 64.5 Å². The third-order valence-electron chi connectivity index (χ3n) is 6.13. The van der Waals surface area contributed by atoms with E-state index in [2.05, 4.69) is 29.9 Å². The van der Waals surface area contributed by atoms with Crippen molar-refractivity contribution in [3.63, 3.8) is 0 Å². The molecule has 1 aliphatic heterocycles. The lowest BCUT2D eigenvalue weighted by Gasteiger charge is -2.32. The molecular formula is C23H30ClN5O. The highest BCUT2D eigenvalue weighted by molar-refractivity contribution is 6.30. The van der Waals surface area contributed by atoms with Gasteiger partial charge in [-0.1, -0.05) is 29.8 Å². The molecule has 1 aromatic heterocycles. The first-order valence-electron chi connectivity index (χ1n) is 10.7. The Balaban J connectivity index is 1.51. The molecule has 30 heavy (non-hydrogen) atoms. The van der Waals surface area contributed by atoms with Crippen molar-refractivity contribution in [2.45, 2.75) is 38.4 Å². The molecule has 2 aliphatic rings. The summed E-state index contributed by atoms with van der Waals surface area (Å²) in [6.45, 7) is 8.60. The van der Waals surface area contributed by atoms with Crippen LogP contribution >= 0.6 is 11.6 Å². The Hall–Kier alpha value is -2.15. The fourth-order valence-electron chi connectivity index (χ4n) is 4.38. The minimum atomic E-state index is 0.0673. The molecule has 1 fully saturated rings. The summed E-state index contributed by atoms with van der Waals surface area (Å²) in [5, 5.41) is 9.14. The second-order valence-electron chi connectivity index (χ2n) is 8.29. The number of nitrogens with one attached hydrogen (secondary N) is 1. The fraction of sp³-hybridized carbons (Fsp3) is 0.478. The van der Waals surface area contributed by atoms with Gasteiger partial charge in [0, 0.05) is 55.0 Å². The highest BCUT2D eigenvalue weighted by atomic mass is 35.5. The molecular weight excluding hydrogens is 398 g/mol. The topological polar surface area (TPSA) is 53.4 Å². The van der Waals surface area contributed by atoms with Crippen LogP contribution in [0.3, 0.4) is 0 Å². The van der Waals surface area contributed by atoms with Crippen LogP contribution in [0, 0.1) is 0 Å². The predicted octanol–water partition coefficient (Wildman–Crippen LogP) is 2.76. The number of carbonyl (C=O) groups is 1. The maximum absolute atomic E-state index is 13.3. The predicted molar refractivity (Wildman–Crippen MR) is 120 cm³/mol. The minimum absolute atomic E-state index is 0.0673. The maximum Gasteiger partial charge on any atom is 0.274 e. The highest BCUT2D eigenvalue weighted by Crippen LogP contribution is 2.27. The Morgan fingerprint density at radius 1 is 1.33 bits per heavy atom. The van der Waals surface area contributed by atoms with Crippen LogP contribution in [-0.2, 0) is 25.9 Å². The summed E-state index contributed by atoms with van der Waals surface area (Å²) in [5.41, 5.74) is 4.10. The summed E-state index contributed by atoms with van der Waals surface area (Å²) in [7, 11) is 2.10. The molecule has 1 saturated heterocycles. The molecule has 6 nitrogen and oxygen atoms in total. The summed E-state index contributed by atoms with van der Waals surface area (Å²) in [6, 6.07) is 8.26. The lowest BCUT2D eigenvalue weighted by molar-refractivity contribution is 0.0656. The van der Waals surface area contributed by atoms with Gasteiger partial charge in [0.2, 0.25) is 0 Å². The van der Waals surface area contributed by atoms with Gasteiger partial charge in [0.05, 0.1) is 6.54 Å². The van der Waals surface area contributed by atoms with E-state index in [-0.39, 0.29) is 5.91 Å². The van der Waals surface area contributed by atoms with Crippen LogP contribution in [0.15, 0.2) is 36.9 Å². The van der Waals surface area contributed by atoms with Gasteiger partial charge in [-0.15, -0.1) is 6.58 Å². The number of nitrogens with zero attached hydrogens (tertiary/aromatic N) is 4. The van der Waals surface area contributed by atoms with Crippen LogP contribution in [-0.4, -0.2) is 64.8 Å². The standard InChI is InChI=1S/C23H30ClN5O/c1-3-9-29-21-8-7-19(25-16-17-5-4-6-18(24)14-17)15-20(21)22(26-29)23(30)28-12-10-27(2)11-13-28/h3-6,14,19,25H,1,7-13,15-16H2,2H3. The van der Waals surface area contributed by atoms with Crippen LogP contribution < -0.4 is 5.32 Å². The van der Waals surface area contributed by atoms with Crippen molar-refractivity contribution >= 4 is 17.5 Å². The Kier molecular flexibility index (Phi) is 6.56. The Bertz CT molecular complexity index is 916. The average molecular weight is 428 g/mol. The van der Waals surface area contributed by atoms with E-state index in [1.807, 2.05) is 33.9 Å². The zero-order valence-electron chi connectivity index (χ0n) is 17.6. The molecule has 4 rings (SSSR count). The van der Waals surface area contributed by atoms with Gasteiger partial charge in [-0.3, -0.25) is 9.48 Å². The summed E-state index contributed by atoms with van der Waals surface area (Å²) >= 11 is 6.11. The van der Waals surface area contributed by atoms with Crippen molar-refractivity contribution in [1.82, 2.24) is 24.9 Å². The SMILES string of the molecule is C=CCn1nc(C(=O)N2CCN(C)CC2)c2c1CCC(NCc1cccc(Cl)c1)C2. The van der Waals surface area contributed by atoms with E-state index in [0.717, 1.165) is 62.6 Å². The molecule has 1 aliphatic carbocycles. The number of amides is 1. The lowest BCUT2D eigenvalue weighted by Crippen LogP contribution is -2.47. The summed E-state index contributed by atoms with van der Waals surface area (Å²) in [5.74, 6) is 0.0673. The van der Waals surface area contributed by atoms with E-state index in [0.29, 0.717) is 18.3 Å². The number of likely N-dealkylation sites (N-methyl/N-ethyl adjacent to an activating group) is 1. The monoisotopic (exact) mass is 427 g/mol. The number of piperazine rings is 1. The summed E-state index contributed by atoms with van der Waals surface area (Å²) < 4.78 is 1.97. The van der Waals surface area contributed by atoms with Crippen molar-refractivity contribution < 1.29 is 4.79 Å². The number of rotatable bonds is 6. The normalized spacial score (nSPS) is 19.5. The van der Waals surface area contributed by atoms with Crippen molar-refractivity contribution in [2.75, 3.05) is 33.2 Å². The van der Waals surface area contributed by atoms with Crippen molar-refractivity contribution in [1.29, 1.82) is 0 Å². The zero-order valence-corrected chi connectivity index (χ0v) is 18.4. The van der Waals surface area contributed by atoms with Gasteiger partial charge in [-0.25, -0.2) is 0 Å². The minimum Gasteiger partial charge on any atom is -0.335 e. The molecule has 0 bridgehead atoms. The first kappa shape index (κ1) is 21.1.